The van der Waals surface area contributed by atoms with Gasteiger partial charge in [-0.25, -0.2) is 0 Å². The molecule has 24 heavy (non-hydrogen) atoms. The third-order valence-electron chi connectivity index (χ3n) is 4.10. The fourth-order valence-electron chi connectivity index (χ4n) is 2.77. The highest BCUT2D eigenvalue weighted by Gasteiger charge is 2.31. The van der Waals surface area contributed by atoms with Crippen molar-refractivity contribution in [2.75, 3.05) is 0 Å². The molecule has 1 unspecified atom stereocenters. The van der Waals surface area contributed by atoms with Gasteiger partial charge in [-0.1, -0.05) is 47.0 Å². The summed E-state index contributed by atoms with van der Waals surface area (Å²) in [5.74, 6) is 0.272. The van der Waals surface area contributed by atoms with E-state index >= 15 is 0 Å². The van der Waals surface area contributed by atoms with Crippen LogP contribution in [0, 0.1) is 0 Å². The van der Waals surface area contributed by atoms with Gasteiger partial charge in [0.05, 0.1) is 14.4 Å². The molecule has 0 saturated heterocycles. The van der Waals surface area contributed by atoms with Crippen LogP contribution in [-0.2, 0) is 0 Å². The first-order chi connectivity index (χ1) is 11.6. The minimum absolute atomic E-state index is 0.272. The van der Waals surface area contributed by atoms with Gasteiger partial charge in [0.2, 0.25) is 0 Å². The standard InChI is InChI=1S/C18H18N2S4/c1-10-11(2)22-17(21-10)18-23-12(3)16(24-18)15(13-6-8-19-9-13)14-5-4-7-20-14/h4-9,15,19-20H,1-3H3. The molecule has 2 aliphatic rings. The van der Waals surface area contributed by atoms with E-state index < -0.39 is 0 Å². The molecule has 0 aromatic carbocycles. The molecule has 0 aliphatic carbocycles. The third kappa shape index (κ3) is 3.05. The summed E-state index contributed by atoms with van der Waals surface area (Å²) >= 11 is 7.72. The Morgan fingerprint density at radius 1 is 0.833 bits per heavy atom. The van der Waals surface area contributed by atoms with E-state index in [1.165, 1.54) is 39.4 Å². The van der Waals surface area contributed by atoms with Crippen molar-refractivity contribution in [1.82, 2.24) is 9.97 Å². The van der Waals surface area contributed by atoms with Crippen LogP contribution in [0.2, 0.25) is 0 Å². The molecule has 0 fully saturated rings. The van der Waals surface area contributed by atoms with Crippen LogP contribution in [-0.4, -0.2) is 9.97 Å². The Morgan fingerprint density at radius 3 is 2.17 bits per heavy atom. The molecule has 2 nitrogen and oxygen atoms in total. The van der Waals surface area contributed by atoms with Crippen LogP contribution in [0.4, 0.5) is 0 Å². The average Bonchev–Trinajstić information content (AvgIpc) is 3.31. The molecule has 2 aromatic rings. The van der Waals surface area contributed by atoms with Crippen LogP contribution in [0.1, 0.15) is 37.9 Å². The van der Waals surface area contributed by atoms with E-state index in [4.69, 9.17) is 0 Å². The number of allylic oxidation sites excluding steroid dienone is 4. The molecule has 124 valence electrons. The Morgan fingerprint density at radius 2 is 1.54 bits per heavy atom. The number of hydrogen-bond donors (Lipinski definition) is 2. The molecule has 6 heteroatoms. The molecule has 0 amide bonds. The van der Waals surface area contributed by atoms with Crippen molar-refractivity contribution >= 4 is 47.0 Å². The number of aromatic amines is 2. The van der Waals surface area contributed by atoms with E-state index in [0.717, 1.165) is 0 Å². The molecule has 4 rings (SSSR count). The predicted octanol–water partition coefficient (Wildman–Crippen LogP) is 7.04. The summed E-state index contributed by atoms with van der Waals surface area (Å²) in [5.41, 5.74) is 2.56. The van der Waals surface area contributed by atoms with Gasteiger partial charge in [-0.05, 0) is 59.2 Å². The summed E-state index contributed by atoms with van der Waals surface area (Å²) in [6.45, 7) is 6.68. The fourth-order valence-corrected chi connectivity index (χ4v) is 8.39. The predicted molar refractivity (Wildman–Crippen MR) is 112 cm³/mol. The van der Waals surface area contributed by atoms with Crippen LogP contribution >= 0.6 is 47.0 Å². The number of nitrogens with one attached hydrogen (secondary N) is 2. The number of rotatable bonds is 3. The minimum Gasteiger partial charge on any atom is -0.367 e. The Balaban J connectivity index is 1.68. The molecule has 0 bridgehead atoms. The maximum Gasteiger partial charge on any atom is 0.0700 e. The van der Waals surface area contributed by atoms with Crippen molar-refractivity contribution in [1.29, 1.82) is 0 Å². The molecular formula is C18H18N2S4. The Labute approximate surface area is 159 Å². The lowest BCUT2D eigenvalue weighted by molar-refractivity contribution is 0.957. The van der Waals surface area contributed by atoms with Crippen LogP contribution in [0.15, 0.2) is 64.9 Å². The summed E-state index contributed by atoms with van der Waals surface area (Å²) in [6.07, 6.45) is 6.13. The molecule has 0 spiro atoms. The van der Waals surface area contributed by atoms with Crippen molar-refractivity contribution in [2.45, 2.75) is 26.7 Å². The molecule has 0 radical (unpaired) electrons. The van der Waals surface area contributed by atoms with Crippen molar-refractivity contribution in [3.63, 3.8) is 0 Å². The first-order valence-corrected chi connectivity index (χ1v) is 11.0. The summed E-state index contributed by atoms with van der Waals surface area (Å²) in [4.78, 5) is 12.3. The first kappa shape index (κ1) is 16.6. The highest BCUT2D eigenvalue weighted by Crippen LogP contribution is 2.62. The lowest BCUT2D eigenvalue weighted by Gasteiger charge is -2.16. The smallest absolute Gasteiger partial charge is 0.0700 e. The zero-order valence-electron chi connectivity index (χ0n) is 13.7. The van der Waals surface area contributed by atoms with E-state index in [2.05, 4.69) is 55.1 Å². The molecule has 1 atom stereocenters. The second-order valence-corrected chi connectivity index (χ2v) is 11.0. The zero-order valence-corrected chi connectivity index (χ0v) is 16.9. The summed E-state index contributed by atoms with van der Waals surface area (Å²) in [7, 11) is 0. The van der Waals surface area contributed by atoms with Gasteiger partial charge in [0.1, 0.15) is 0 Å². The first-order valence-electron chi connectivity index (χ1n) is 7.73. The van der Waals surface area contributed by atoms with Gasteiger partial charge in [0.15, 0.2) is 0 Å². The van der Waals surface area contributed by atoms with Gasteiger partial charge >= 0.3 is 0 Å². The molecule has 2 aromatic heterocycles. The molecule has 4 heterocycles. The number of aromatic nitrogens is 2. The second-order valence-electron chi connectivity index (χ2n) is 5.72. The Kier molecular flexibility index (Phi) is 4.73. The number of H-pyrrole nitrogens is 2. The largest absolute Gasteiger partial charge is 0.367 e. The highest BCUT2D eigenvalue weighted by molar-refractivity contribution is 8.34. The summed E-state index contributed by atoms with van der Waals surface area (Å²) < 4.78 is 2.87. The summed E-state index contributed by atoms with van der Waals surface area (Å²) in [6, 6.07) is 6.44. The lowest BCUT2D eigenvalue weighted by atomic mass is 9.97. The lowest BCUT2D eigenvalue weighted by Crippen LogP contribution is -2.02. The van der Waals surface area contributed by atoms with Crippen LogP contribution in [0.3, 0.4) is 0 Å². The monoisotopic (exact) mass is 390 g/mol. The Bertz CT molecular complexity index is 791. The topological polar surface area (TPSA) is 31.6 Å². The highest BCUT2D eigenvalue weighted by atomic mass is 32.2. The van der Waals surface area contributed by atoms with E-state index in [9.17, 15) is 0 Å². The van der Waals surface area contributed by atoms with Gasteiger partial charge in [-0.3, -0.25) is 0 Å². The molecule has 0 saturated carbocycles. The van der Waals surface area contributed by atoms with E-state index in [-0.39, 0.29) is 5.92 Å². The van der Waals surface area contributed by atoms with E-state index in [1.54, 1.807) is 0 Å². The number of thioether (sulfide) groups is 4. The van der Waals surface area contributed by atoms with Crippen molar-refractivity contribution in [3.05, 3.63) is 76.1 Å². The molecular weight excluding hydrogens is 372 g/mol. The van der Waals surface area contributed by atoms with Gasteiger partial charge in [0.25, 0.3) is 0 Å². The quantitative estimate of drug-likeness (QED) is 0.588. The van der Waals surface area contributed by atoms with Crippen LogP contribution in [0.25, 0.3) is 0 Å². The second kappa shape index (κ2) is 6.83. The van der Waals surface area contributed by atoms with Gasteiger partial charge in [-0.2, -0.15) is 0 Å². The molecule has 2 N–H and O–H groups in total. The average molecular weight is 391 g/mol. The fraction of sp³-hybridized carbons (Fsp3) is 0.222. The van der Waals surface area contributed by atoms with Crippen LogP contribution in [0.5, 0.6) is 0 Å². The number of hydrogen-bond acceptors (Lipinski definition) is 4. The zero-order chi connectivity index (χ0) is 16.7. The van der Waals surface area contributed by atoms with E-state index in [0.29, 0.717) is 0 Å². The maximum atomic E-state index is 3.42. The maximum absolute atomic E-state index is 3.42. The third-order valence-corrected chi connectivity index (χ3v) is 9.95. The minimum atomic E-state index is 0.272. The van der Waals surface area contributed by atoms with E-state index in [1.807, 2.05) is 59.4 Å². The molecule has 2 aliphatic heterocycles. The summed E-state index contributed by atoms with van der Waals surface area (Å²) in [5, 5.41) is 0. The van der Waals surface area contributed by atoms with Crippen molar-refractivity contribution in [3.8, 4) is 0 Å². The Hall–Kier alpha value is -0.820. The van der Waals surface area contributed by atoms with Gasteiger partial charge in [-0.15, -0.1) is 0 Å². The normalized spacial score (nSPS) is 19.8. The van der Waals surface area contributed by atoms with Crippen LogP contribution < -0.4 is 0 Å². The van der Waals surface area contributed by atoms with Gasteiger partial charge < -0.3 is 9.97 Å². The van der Waals surface area contributed by atoms with Crippen molar-refractivity contribution in [2.24, 2.45) is 0 Å². The van der Waals surface area contributed by atoms with Gasteiger partial charge in [0, 0.05) is 29.2 Å². The SMILES string of the molecule is CC1=C(C)SC(=C2SC(C)=C(C(c3cc[nH]c3)c3ccc[nH]3)S2)S1. The van der Waals surface area contributed by atoms with Crippen molar-refractivity contribution < 1.29 is 0 Å².